The number of nitrogens with zero attached hydrogens (tertiary/aromatic N) is 3. The highest BCUT2D eigenvalue weighted by molar-refractivity contribution is 5.76. The van der Waals surface area contributed by atoms with Crippen LogP contribution in [0.1, 0.15) is 33.1 Å². The predicted molar refractivity (Wildman–Crippen MR) is 69.4 cm³/mol. The van der Waals surface area contributed by atoms with E-state index in [0.29, 0.717) is 13.1 Å². The molecule has 0 spiro atoms. The molecule has 1 N–H and O–H groups in total. The molecule has 6 nitrogen and oxygen atoms in total. The van der Waals surface area contributed by atoms with Crippen LogP contribution in [0.15, 0.2) is 0 Å². The Kier molecular flexibility index (Phi) is 5.61. The van der Waals surface area contributed by atoms with Crippen molar-refractivity contribution in [3.63, 3.8) is 0 Å². The van der Waals surface area contributed by atoms with E-state index in [2.05, 4.69) is 6.07 Å². The maximum absolute atomic E-state index is 12.4. The highest BCUT2D eigenvalue weighted by atomic mass is 16.4. The largest absolute Gasteiger partial charge is 0.481 e. The fraction of sp³-hybridized carbons (Fsp3) is 0.769. The lowest BCUT2D eigenvalue weighted by molar-refractivity contribution is -0.137. The summed E-state index contributed by atoms with van der Waals surface area (Å²) in [4.78, 5) is 26.3. The molecule has 0 aliphatic heterocycles. The van der Waals surface area contributed by atoms with Gasteiger partial charge in [-0.1, -0.05) is 0 Å². The van der Waals surface area contributed by atoms with Gasteiger partial charge in [0.2, 0.25) is 0 Å². The van der Waals surface area contributed by atoms with Crippen molar-refractivity contribution in [3.8, 4) is 6.07 Å². The van der Waals surface area contributed by atoms with Gasteiger partial charge in [0.1, 0.15) is 0 Å². The number of amides is 2. The molecule has 2 amide bonds. The van der Waals surface area contributed by atoms with Crippen LogP contribution in [0.4, 0.5) is 4.79 Å². The second-order valence-corrected chi connectivity index (χ2v) is 4.92. The third-order valence-corrected chi connectivity index (χ3v) is 3.17. The van der Waals surface area contributed by atoms with Gasteiger partial charge in [-0.15, -0.1) is 0 Å². The highest BCUT2D eigenvalue weighted by Gasteiger charge is 2.34. The Labute approximate surface area is 113 Å². The molecule has 0 aromatic carbocycles. The number of urea groups is 1. The number of carbonyl (C=O) groups is 2. The quantitative estimate of drug-likeness (QED) is 0.758. The zero-order valence-electron chi connectivity index (χ0n) is 11.5. The van der Waals surface area contributed by atoms with E-state index in [0.717, 1.165) is 12.8 Å². The summed E-state index contributed by atoms with van der Waals surface area (Å²) in [6.07, 6.45) is 1.85. The van der Waals surface area contributed by atoms with Crippen LogP contribution in [0.25, 0.3) is 0 Å². The van der Waals surface area contributed by atoms with Crippen molar-refractivity contribution in [2.75, 3.05) is 19.6 Å². The Morgan fingerprint density at radius 2 is 2.11 bits per heavy atom. The first-order valence-corrected chi connectivity index (χ1v) is 6.66. The van der Waals surface area contributed by atoms with Crippen LogP contribution in [0.2, 0.25) is 0 Å². The molecule has 1 atom stereocenters. The van der Waals surface area contributed by atoms with Gasteiger partial charge in [-0.05, 0) is 26.7 Å². The number of rotatable bonds is 7. The summed E-state index contributed by atoms with van der Waals surface area (Å²) in [7, 11) is 0. The van der Waals surface area contributed by atoms with Crippen LogP contribution in [0.3, 0.4) is 0 Å². The van der Waals surface area contributed by atoms with Crippen LogP contribution >= 0.6 is 0 Å². The lowest BCUT2D eigenvalue weighted by atomic mass is 10.2. The van der Waals surface area contributed by atoms with Gasteiger partial charge in [0.05, 0.1) is 18.4 Å². The van der Waals surface area contributed by atoms with Crippen molar-refractivity contribution in [1.82, 2.24) is 9.80 Å². The number of carboxylic acids is 1. The maximum Gasteiger partial charge on any atom is 0.320 e. The zero-order valence-corrected chi connectivity index (χ0v) is 11.5. The van der Waals surface area contributed by atoms with Gasteiger partial charge < -0.3 is 14.9 Å². The maximum atomic E-state index is 12.4. The van der Waals surface area contributed by atoms with Crippen molar-refractivity contribution in [3.05, 3.63) is 0 Å². The predicted octanol–water partition coefficient (Wildman–Crippen LogP) is 1.53. The van der Waals surface area contributed by atoms with Gasteiger partial charge in [-0.3, -0.25) is 4.79 Å². The third-order valence-electron chi connectivity index (χ3n) is 3.17. The molecule has 0 aromatic rings. The molecule has 0 bridgehead atoms. The number of hydrogen-bond donors (Lipinski definition) is 1. The van der Waals surface area contributed by atoms with E-state index in [4.69, 9.17) is 10.4 Å². The summed E-state index contributed by atoms with van der Waals surface area (Å²) in [5.74, 6) is -1.11. The lowest BCUT2D eigenvalue weighted by Crippen LogP contribution is -2.46. The van der Waals surface area contributed by atoms with Crippen LogP contribution in [-0.2, 0) is 4.79 Å². The fourth-order valence-electron chi connectivity index (χ4n) is 1.93. The summed E-state index contributed by atoms with van der Waals surface area (Å²) in [5.41, 5.74) is 0. The molecule has 19 heavy (non-hydrogen) atoms. The van der Waals surface area contributed by atoms with Gasteiger partial charge in [0.15, 0.2) is 0 Å². The summed E-state index contributed by atoms with van der Waals surface area (Å²) >= 11 is 0. The topological polar surface area (TPSA) is 84.6 Å². The van der Waals surface area contributed by atoms with Gasteiger partial charge in [0.25, 0.3) is 0 Å². The van der Waals surface area contributed by atoms with E-state index in [1.165, 1.54) is 0 Å². The monoisotopic (exact) mass is 267 g/mol. The molecular weight excluding hydrogens is 246 g/mol. The molecule has 1 unspecified atom stereocenters. The number of hydrogen-bond acceptors (Lipinski definition) is 3. The van der Waals surface area contributed by atoms with Crippen LogP contribution < -0.4 is 0 Å². The lowest BCUT2D eigenvalue weighted by Gasteiger charge is -2.30. The average molecular weight is 267 g/mol. The highest BCUT2D eigenvalue weighted by Crippen LogP contribution is 2.28. The van der Waals surface area contributed by atoms with E-state index < -0.39 is 5.97 Å². The molecule has 1 aliphatic carbocycles. The summed E-state index contributed by atoms with van der Waals surface area (Å²) in [6.45, 7) is 4.80. The molecule has 6 heteroatoms. The Morgan fingerprint density at radius 1 is 1.47 bits per heavy atom. The van der Waals surface area contributed by atoms with Crippen LogP contribution in [-0.4, -0.2) is 52.6 Å². The van der Waals surface area contributed by atoms with Gasteiger partial charge in [-0.25, -0.2) is 4.79 Å². The Hall–Kier alpha value is -1.77. The summed E-state index contributed by atoms with van der Waals surface area (Å²) in [6, 6.07) is 2.15. The number of carboxylic acid groups (broad SMARTS) is 1. The zero-order chi connectivity index (χ0) is 14.4. The molecule has 1 rings (SSSR count). The molecule has 1 saturated carbocycles. The smallest absolute Gasteiger partial charge is 0.320 e. The van der Waals surface area contributed by atoms with Crippen LogP contribution in [0.5, 0.6) is 0 Å². The van der Waals surface area contributed by atoms with Crippen LogP contribution in [0, 0.1) is 17.2 Å². The molecule has 0 saturated heterocycles. The van der Waals surface area contributed by atoms with E-state index in [9.17, 15) is 9.59 Å². The molecule has 0 heterocycles. The van der Waals surface area contributed by atoms with Crippen molar-refractivity contribution >= 4 is 12.0 Å². The number of nitriles is 1. The second kappa shape index (κ2) is 6.98. The molecule has 1 aliphatic rings. The Morgan fingerprint density at radius 3 is 2.53 bits per heavy atom. The van der Waals surface area contributed by atoms with Gasteiger partial charge in [0, 0.05) is 25.7 Å². The van der Waals surface area contributed by atoms with Crippen molar-refractivity contribution in [2.24, 2.45) is 5.92 Å². The number of aliphatic carboxylic acids is 1. The molecule has 1 fully saturated rings. The molecular formula is C13H21N3O3. The van der Waals surface area contributed by atoms with E-state index in [1.54, 1.807) is 16.7 Å². The standard InChI is InChI=1S/C13H21N3O3/c1-3-15(9-10(2)8-14)13(19)16(11-4-5-11)7-6-12(17)18/h10-11H,3-7,9H2,1-2H3,(H,17,18). The summed E-state index contributed by atoms with van der Waals surface area (Å²) < 4.78 is 0. The molecule has 106 valence electrons. The first-order valence-electron chi connectivity index (χ1n) is 6.66. The number of carbonyl (C=O) groups excluding carboxylic acids is 1. The Balaban J connectivity index is 2.63. The van der Waals surface area contributed by atoms with Crippen molar-refractivity contribution in [1.29, 1.82) is 5.26 Å². The van der Waals surface area contributed by atoms with Gasteiger partial charge in [-0.2, -0.15) is 5.26 Å². The van der Waals surface area contributed by atoms with E-state index >= 15 is 0 Å². The second-order valence-electron chi connectivity index (χ2n) is 4.92. The minimum atomic E-state index is -0.896. The fourth-order valence-corrected chi connectivity index (χ4v) is 1.93. The first kappa shape index (κ1) is 15.3. The third kappa shape index (κ3) is 4.78. The minimum absolute atomic E-state index is 0.0341. The average Bonchev–Trinajstić information content (AvgIpc) is 3.19. The molecule has 0 aromatic heterocycles. The van der Waals surface area contributed by atoms with E-state index in [-0.39, 0.29) is 31.0 Å². The first-order chi connectivity index (χ1) is 8.99. The normalized spacial score (nSPS) is 15.4. The van der Waals surface area contributed by atoms with Crippen molar-refractivity contribution in [2.45, 2.75) is 39.2 Å². The summed E-state index contributed by atoms with van der Waals surface area (Å²) in [5, 5.41) is 17.5. The minimum Gasteiger partial charge on any atom is -0.481 e. The van der Waals surface area contributed by atoms with Crippen molar-refractivity contribution < 1.29 is 14.7 Å². The Bertz CT molecular complexity index is 374. The SMILES string of the molecule is CCN(CC(C)C#N)C(=O)N(CCC(=O)O)C1CC1. The van der Waals surface area contributed by atoms with Gasteiger partial charge >= 0.3 is 12.0 Å². The van der Waals surface area contributed by atoms with E-state index in [1.807, 2.05) is 6.92 Å². The molecule has 0 radical (unpaired) electrons.